The van der Waals surface area contributed by atoms with Crippen molar-refractivity contribution in [2.75, 3.05) is 0 Å². The number of nitrogens with zero attached hydrogens (tertiary/aromatic N) is 2. The number of hydrogen-bond donors (Lipinski definition) is 1. The maximum atomic E-state index is 5.90. The third-order valence-corrected chi connectivity index (χ3v) is 3.20. The van der Waals surface area contributed by atoms with Crippen molar-refractivity contribution in [2.24, 2.45) is 5.73 Å². The van der Waals surface area contributed by atoms with Gasteiger partial charge in [0.05, 0.1) is 0 Å². The summed E-state index contributed by atoms with van der Waals surface area (Å²) in [6.45, 7) is 1.97. The van der Waals surface area contributed by atoms with Gasteiger partial charge >= 0.3 is 0 Å². The molecule has 2 aromatic rings. The Morgan fingerprint density at radius 3 is 2.62 bits per heavy atom. The van der Waals surface area contributed by atoms with Crippen LogP contribution in [0.2, 0.25) is 0 Å². The SMILES string of the molecule is C[C@@H](N)c1cccnc1Sc1ccncc1. The Balaban J connectivity index is 2.28. The molecule has 2 aromatic heterocycles. The van der Waals surface area contributed by atoms with E-state index in [1.54, 1.807) is 30.4 Å². The van der Waals surface area contributed by atoms with E-state index in [1.807, 2.05) is 31.2 Å². The van der Waals surface area contributed by atoms with Crippen LogP contribution in [0.4, 0.5) is 0 Å². The fourth-order valence-corrected chi connectivity index (χ4v) is 2.32. The van der Waals surface area contributed by atoms with Crippen LogP contribution in [0, 0.1) is 0 Å². The lowest BCUT2D eigenvalue weighted by molar-refractivity contribution is 0.779. The van der Waals surface area contributed by atoms with E-state index < -0.39 is 0 Å². The predicted molar refractivity (Wildman–Crippen MR) is 65.2 cm³/mol. The first-order valence-corrected chi connectivity index (χ1v) is 5.87. The molecular formula is C12H13N3S. The van der Waals surface area contributed by atoms with Gasteiger partial charge in [-0.3, -0.25) is 4.98 Å². The van der Waals surface area contributed by atoms with Crippen LogP contribution in [0.1, 0.15) is 18.5 Å². The number of aromatic nitrogens is 2. The third kappa shape index (κ3) is 2.59. The Kier molecular flexibility index (Phi) is 3.54. The van der Waals surface area contributed by atoms with Gasteiger partial charge in [0, 0.05) is 35.1 Å². The maximum Gasteiger partial charge on any atom is 0.105 e. The first-order chi connectivity index (χ1) is 7.77. The van der Waals surface area contributed by atoms with E-state index in [0.29, 0.717) is 0 Å². The molecule has 0 spiro atoms. The highest BCUT2D eigenvalue weighted by atomic mass is 32.2. The van der Waals surface area contributed by atoms with Crippen LogP contribution in [0.25, 0.3) is 0 Å². The van der Waals surface area contributed by atoms with Crippen molar-refractivity contribution in [3.8, 4) is 0 Å². The molecule has 0 unspecified atom stereocenters. The molecule has 16 heavy (non-hydrogen) atoms. The molecule has 0 saturated carbocycles. The van der Waals surface area contributed by atoms with Crippen molar-refractivity contribution < 1.29 is 0 Å². The summed E-state index contributed by atoms with van der Waals surface area (Å²) in [4.78, 5) is 9.46. The minimum absolute atomic E-state index is 0.00182. The zero-order valence-electron chi connectivity index (χ0n) is 9.00. The summed E-state index contributed by atoms with van der Waals surface area (Å²) >= 11 is 1.61. The molecule has 0 amide bonds. The second-order valence-corrected chi connectivity index (χ2v) is 4.53. The predicted octanol–water partition coefficient (Wildman–Crippen LogP) is 2.65. The highest BCUT2D eigenvalue weighted by molar-refractivity contribution is 7.99. The number of rotatable bonds is 3. The Bertz CT molecular complexity index is 457. The summed E-state index contributed by atoms with van der Waals surface area (Å²) in [5.74, 6) is 0. The van der Waals surface area contributed by atoms with E-state index in [-0.39, 0.29) is 6.04 Å². The van der Waals surface area contributed by atoms with E-state index in [0.717, 1.165) is 15.5 Å². The second-order valence-electron chi connectivity index (χ2n) is 3.47. The largest absolute Gasteiger partial charge is 0.324 e. The molecule has 2 N–H and O–H groups in total. The highest BCUT2D eigenvalue weighted by Gasteiger charge is 2.08. The molecule has 0 radical (unpaired) electrons. The molecule has 2 rings (SSSR count). The quantitative estimate of drug-likeness (QED) is 0.882. The molecule has 3 nitrogen and oxygen atoms in total. The van der Waals surface area contributed by atoms with Gasteiger partial charge in [-0.15, -0.1) is 0 Å². The average molecular weight is 231 g/mol. The van der Waals surface area contributed by atoms with E-state index >= 15 is 0 Å². The Morgan fingerprint density at radius 1 is 1.19 bits per heavy atom. The topological polar surface area (TPSA) is 51.8 Å². The molecule has 1 atom stereocenters. The summed E-state index contributed by atoms with van der Waals surface area (Å²) in [6.07, 6.45) is 5.34. The fraction of sp³-hybridized carbons (Fsp3) is 0.167. The summed E-state index contributed by atoms with van der Waals surface area (Å²) in [5, 5.41) is 0.962. The molecular weight excluding hydrogens is 218 g/mol. The summed E-state index contributed by atoms with van der Waals surface area (Å²) in [5.41, 5.74) is 6.98. The van der Waals surface area contributed by atoms with E-state index in [9.17, 15) is 0 Å². The second kappa shape index (κ2) is 5.09. The van der Waals surface area contributed by atoms with E-state index in [2.05, 4.69) is 9.97 Å². The van der Waals surface area contributed by atoms with Crippen LogP contribution in [-0.2, 0) is 0 Å². The minimum Gasteiger partial charge on any atom is -0.324 e. The average Bonchev–Trinajstić information content (AvgIpc) is 2.31. The van der Waals surface area contributed by atoms with Gasteiger partial charge < -0.3 is 5.73 Å². The van der Waals surface area contributed by atoms with Crippen LogP contribution in [0.15, 0.2) is 52.8 Å². The zero-order valence-corrected chi connectivity index (χ0v) is 9.82. The van der Waals surface area contributed by atoms with Crippen LogP contribution >= 0.6 is 11.8 Å². The van der Waals surface area contributed by atoms with Gasteiger partial charge in [0.2, 0.25) is 0 Å². The van der Waals surface area contributed by atoms with Crippen LogP contribution in [-0.4, -0.2) is 9.97 Å². The molecule has 0 aliphatic rings. The van der Waals surface area contributed by atoms with Crippen molar-refractivity contribution in [3.05, 3.63) is 48.4 Å². The smallest absolute Gasteiger partial charge is 0.105 e. The summed E-state index contributed by atoms with van der Waals surface area (Å²) in [6, 6.07) is 7.85. The molecule has 0 aliphatic heterocycles. The number of hydrogen-bond acceptors (Lipinski definition) is 4. The van der Waals surface area contributed by atoms with Crippen LogP contribution in [0.3, 0.4) is 0 Å². The van der Waals surface area contributed by atoms with Crippen molar-refractivity contribution >= 4 is 11.8 Å². The number of pyridine rings is 2. The molecule has 2 heterocycles. The lowest BCUT2D eigenvalue weighted by Gasteiger charge is -2.10. The molecule has 4 heteroatoms. The van der Waals surface area contributed by atoms with Crippen LogP contribution < -0.4 is 5.73 Å². The maximum absolute atomic E-state index is 5.90. The Labute approximate surface area is 99.1 Å². The van der Waals surface area contributed by atoms with Gasteiger partial charge in [-0.1, -0.05) is 17.8 Å². The molecule has 0 bridgehead atoms. The highest BCUT2D eigenvalue weighted by Crippen LogP contribution is 2.30. The Morgan fingerprint density at radius 2 is 1.94 bits per heavy atom. The molecule has 82 valence electrons. The van der Waals surface area contributed by atoms with Gasteiger partial charge in [-0.2, -0.15) is 0 Å². The lowest BCUT2D eigenvalue weighted by atomic mass is 10.2. The van der Waals surface area contributed by atoms with Gasteiger partial charge in [0.25, 0.3) is 0 Å². The molecule has 0 saturated heterocycles. The van der Waals surface area contributed by atoms with E-state index in [1.165, 1.54) is 0 Å². The van der Waals surface area contributed by atoms with Crippen LogP contribution in [0.5, 0.6) is 0 Å². The first kappa shape index (κ1) is 11.1. The van der Waals surface area contributed by atoms with Gasteiger partial charge in [0.15, 0.2) is 0 Å². The van der Waals surface area contributed by atoms with Gasteiger partial charge in [-0.05, 0) is 25.1 Å². The first-order valence-electron chi connectivity index (χ1n) is 5.06. The standard InChI is InChI=1S/C12H13N3S/c1-9(13)11-3-2-6-15-12(11)16-10-4-7-14-8-5-10/h2-9H,13H2,1H3/t9-/m1/s1. The zero-order chi connectivity index (χ0) is 11.4. The fourth-order valence-electron chi connectivity index (χ4n) is 1.35. The lowest BCUT2D eigenvalue weighted by Crippen LogP contribution is -2.07. The van der Waals surface area contributed by atoms with E-state index in [4.69, 9.17) is 5.73 Å². The van der Waals surface area contributed by atoms with Crippen molar-refractivity contribution in [1.29, 1.82) is 0 Å². The number of nitrogens with two attached hydrogens (primary N) is 1. The Hall–Kier alpha value is -1.39. The van der Waals surface area contributed by atoms with Gasteiger partial charge in [0.1, 0.15) is 5.03 Å². The van der Waals surface area contributed by atoms with Crippen molar-refractivity contribution in [1.82, 2.24) is 9.97 Å². The monoisotopic (exact) mass is 231 g/mol. The normalized spacial score (nSPS) is 12.4. The van der Waals surface area contributed by atoms with Crippen molar-refractivity contribution in [2.45, 2.75) is 22.9 Å². The van der Waals surface area contributed by atoms with Crippen molar-refractivity contribution in [3.63, 3.8) is 0 Å². The minimum atomic E-state index is -0.00182. The molecule has 0 aliphatic carbocycles. The third-order valence-electron chi connectivity index (χ3n) is 2.16. The summed E-state index contributed by atoms with van der Waals surface area (Å²) < 4.78 is 0. The van der Waals surface area contributed by atoms with Gasteiger partial charge in [-0.25, -0.2) is 4.98 Å². The molecule has 0 aromatic carbocycles. The summed E-state index contributed by atoms with van der Waals surface area (Å²) in [7, 11) is 0. The molecule has 0 fully saturated rings.